The largest absolute Gasteiger partial charge is 0.307 e. The first kappa shape index (κ1) is 12.1. The smallest absolute Gasteiger partial charge is 0.0434 e. The van der Waals surface area contributed by atoms with E-state index in [4.69, 9.17) is 0 Å². The Hall–Kier alpha value is -0.340. The van der Waals surface area contributed by atoms with E-state index in [1.54, 1.807) is 0 Å². The predicted octanol–water partition coefficient (Wildman–Crippen LogP) is 4.22. The lowest BCUT2D eigenvalue weighted by molar-refractivity contribution is 0.237. The van der Waals surface area contributed by atoms with Crippen molar-refractivity contribution in [1.82, 2.24) is 5.32 Å². The van der Waals surface area contributed by atoms with E-state index in [9.17, 15) is 0 Å². The van der Waals surface area contributed by atoms with Crippen LogP contribution in [0.3, 0.4) is 0 Å². The molecule has 1 aliphatic rings. The van der Waals surface area contributed by atoms with E-state index < -0.39 is 0 Å². The lowest BCUT2D eigenvalue weighted by atomic mass is 9.79. The number of rotatable bonds is 3. The fourth-order valence-corrected chi connectivity index (χ4v) is 3.03. The second kappa shape index (κ2) is 5.33. The Balaban J connectivity index is 2.26. The van der Waals surface area contributed by atoms with E-state index in [1.165, 1.54) is 42.1 Å². The maximum absolute atomic E-state index is 3.75. The van der Waals surface area contributed by atoms with Crippen molar-refractivity contribution in [2.75, 3.05) is 6.54 Å². The zero-order valence-corrected chi connectivity index (χ0v) is 11.5. The van der Waals surface area contributed by atoms with Crippen LogP contribution in [0, 0.1) is 0 Å². The Bertz CT molecular complexity index is 320. The van der Waals surface area contributed by atoms with Gasteiger partial charge in [0.1, 0.15) is 0 Å². The van der Waals surface area contributed by atoms with Gasteiger partial charge in [0, 0.05) is 10.0 Å². The number of piperidine rings is 1. The van der Waals surface area contributed by atoms with Gasteiger partial charge in [-0.2, -0.15) is 0 Å². The summed E-state index contributed by atoms with van der Waals surface area (Å²) in [4.78, 5) is 0. The molecule has 1 nitrogen and oxygen atoms in total. The topological polar surface area (TPSA) is 12.0 Å². The van der Waals surface area contributed by atoms with E-state index in [1.807, 2.05) is 0 Å². The van der Waals surface area contributed by atoms with Crippen LogP contribution in [0.4, 0.5) is 0 Å². The molecule has 1 heterocycles. The van der Waals surface area contributed by atoms with Gasteiger partial charge in [-0.05, 0) is 43.5 Å². The summed E-state index contributed by atoms with van der Waals surface area (Å²) in [6.07, 6.45) is 6.44. The summed E-state index contributed by atoms with van der Waals surface area (Å²) in [5.74, 6) is 0. The molecule has 1 aromatic carbocycles. The van der Waals surface area contributed by atoms with E-state index in [0.717, 1.165) is 6.54 Å². The van der Waals surface area contributed by atoms with Crippen molar-refractivity contribution in [3.8, 4) is 0 Å². The van der Waals surface area contributed by atoms with Crippen molar-refractivity contribution in [2.45, 2.75) is 44.6 Å². The van der Waals surface area contributed by atoms with Gasteiger partial charge in [-0.1, -0.05) is 47.8 Å². The van der Waals surface area contributed by atoms with Crippen molar-refractivity contribution in [3.05, 3.63) is 34.3 Å². The molecular weight excluding hydrogens is 262 g/mol. The predicted molar refractivity (Wildman–Crippen MR) is 72.6 cm³/mol. The summed E-state index contributed by atoms with van der Waals surface area (Å²) in [7, 11) is 0. The normalized spacial score (nSPS) is 25.6. The van der Waals surface area contributed by atoms with Crippen LogP contribution in [0.2, 0.25) is 0 Å². The average molecular weight is 282 g/mol. The first-order chi connectivity index (χ1) is 7.77. The molecular formula is C14H20BrN. The quantitative estimate of drug-likeness (QED) is 0.875. The minimum atomic E-state index is 0.244. The van der Waals surface area contributed by atoms with Crippen LogP contribution in [-0.4, -0.2) is 6.54 Å². The first-order valence-electron chi connectivity index (χ1n) is 6.28. The SMILES string of the molecule is CCCC1(c2ccc(Br)cc2)CCCCN1. The second-order valence-electron chi connectivity index (χ2n) is 4.72. The number of nitrogens with one attached hydrogen (secondary N) is 1. The summed E-state index contributed by atoms with van der Waals surface area (Å²) in [6.45, 7) is 3.44. The van der Waals surface area contributed by atoms with Crippen LogP contribution in [-0.2, 0) is 5.54 Å². The molecule has 0 aromatic heterocycles. The Kier molecular flexibility index (Phi) is 4.04. The lowest BCUT2D eigenvalue weighted by Gasteiger charge is -2.39. The van der Waals surface area contributed by atoms with Crippen molar-refractivity contribution in [2.24, 2.45) is 0 Å². The number of hydrogen-bond acceptors (Lipinski definition) is 1. The number of benzene rings is 1. The summed E-state index contributed by atoms with van der Waals surface area (Å²) < 4.78 is 1.17. The van der Waals surface area contributed by atoms with E-state index in [2.05, 4.69) is 52.4 Å². The van der Waals surface area contributed by atoms with Gasteiger partial charge in [0.2, 0.25) is 0 Å². The molecule has 1 unspecified atom stereocenters. The van der Waals surface area contributed by atoms with E-state index in [-0.39, 0.29) is 5.54 Å². The van der Waals surface area contributed by atoms with Crippen molar-refractivity contribution < 1.29 is 0 Å². The maximum Gasteiger partial charge on any atom is 0.0434 e. The van der Waals surface area contributed by atoms with Crippen LogP contribution in [0.1, 0.15) is 44.6 Å². The fourth-order valence-electron chi connectivity index (χ4n) is 2.77. The minimum Gasteiger partial charge on any atom is -0.307 e. The molecule has 88 valence electrons. The highest BCUT2D eigenvalue weighted by Crippen LogP contribution is 2.35. The third-order valence-corrected chi connectivity index (χ3v) is 4.10. The van der Waals surface area contributed by atoms with E-state index >= 15 is 0 Å². The van der Waals surface area contributed by atoms with Crippen molar-refractivity contribution in [1.29, 1.82) is 0 Å². The van der Waals surface area contributed by atoms with Crippen molar-refractivity contribution >= 4 is 15.9 Å². The van der Waals surface area contributed by atoms with Crippen LogP contribution in [0.5, 0.6) is 0 Å². The molecule has 1 N–H and O–H groups in total. The molecule has 0 aliphatic carbocycles. The highest BCUT2D eigenvalue weighted by atomic mass is 79.9. The van der Waals surface area contributed by atoms with E-state index in [0.29, 0.717) is 0 Å². The monoisotopic (exact) mass is 281 g/mol. The summed E-state index contributed by atoms with van der Waals surface area (Å²) in [5.41, 5.74) is 1.70. The fraction of sp³-hybridized carbons (Fsp3) is 0.571. The van der Waals surface area contributed by atoms with Gasteiger partial charge >= 0.3 is 0 Å². The summed E-state index contributed by atoms with van der Waals surface area (Å²) >= 11 is 3.51. The molecule has 1 fully saturated rings. The number of hydrogen-bond donors (Lipinski definition) is 1. The molecule has 0 saturated carbocycles. The zero-order valence-electron chi connectivity index (χ0n) is 9.93. The van der Waals surface area contributed by atoms with Crippen molar-refractivity contribution in [3.63, 3.8) is 0 Å². The highest BCUT2D eigenvalue weighted by Gasteiger charge is 2.32. The lowest BCUT2D eigenvalue weighted by Crippen LogP contribution is -2.45. The Morgan fingerprint density at radius 2 is 2.00 bits per heavy atom. The molecule has 0 amide bonds. The van der Waals surface area contributed by atoms with Gasteiger partial charge in [0.15, 0.2) is 0 Å². The van der Waals surface area contributed by atoms with Crippen LogP contribution in [0.25, 0.3) is 0 Å². The first-order valence-corrected chi connectivity index (χ1v) is 7.07. The Labute approximate surface area is 107 Å². The van der Waals surface area contributed by atoms with Crippen LogP contribution in [0.15, 0.2) is 28.7 Å². The molecule has 2 rings (SSSR count). The summed E-state index contributed by atoms with van der Waals surface area (Å²) in [5, 5.41) is 3.75. The van der Waals surface area contributed by atoms with Gasteiger partial charge in [0.25, 0.3) is 0 Å². The zero-order chi connectivity index (χ0) is 11.4. The Morgan fingerprint density at radius 3 is 2.56 bits per heavy atom. The Morgan fingerprint density at radius 1 is 1.25 bits per heavy atom. The van der Waals surface area contributed by atoms with Gasteiger partial charge in [-0.25, -0.2) is 0 Å². The molecule has 1 aliphatic heterocycles. The van der Waals surface area contributed by atoms with Gasteiger partial charge < -0.3 is 5.32 Å². The third kappa shape index (κ3) is 2.49. The highest BCUT2D eigenvalue weighted by molar-refractivity contribution is 9.10. The molecule has 2 heteroatoms. The van der Waals surface area contributed by atoms with Gasteiger partial charge in [0.05, 0.1) is 0 Å². The molecule has 0 spiro atoms. The molecule has 0 bridgehead atoms. The minimum absolute atomic E-state index is 0.244. The number of halogens is 1. The molecule has 16 heavy (non-hydrogen) atoms. The standard InChI is InChI=1S/C14H20BrN/c1-2-9-14(10-3-4-11-16-14)12-5-7-13(15)8-6-12/h5-8,16H,2-4,9-11H2,1H3. The summed E-state index contributed by atoms with van der Waals surface area (Å²) in [6, 6.07) is 8.84. The van der Waals surface area contributed by atoms with Crippen LogP contribution >= 0.6 is 15.9 Å². The molecule has 1 aromatic rings. The molecule has 1 saturated heterocycles. The van der Waals surface area contributed by atoms with Gasteiger partial charge in [-0.3, -0.25) is 0 Å². The molecule has 1 atom stereocenters. The average Bonchev–Trinajstić information content (AvgIpc) is 2.31. The van der Waals surface area contributed by atoms with Crippen LogP contribution < -0.4 is 5.32 Å². The molecule has 0 radical (unpaired) electrons. The van der Waals surface area contributed by atoms with Gasteiger partial charge in [-0.15, -0.1) is 0 Å². The maximum atomic E-state index is 3.75. The third-order valence-electron chi connectivity index (χ3n) is 3.57. The second-order valence-corrected chi connectivity index (χ2v) is 5.64.